The molecule has 3 heterocycles. The van der Waals surface area contributed by atoms with Gasteiger partial charge in [-0.15, -0.1) is 0 Å². The molecule has 3 aromatic carbocycles. The molecule has 1 saturated heterocycles. The molecule has 2 N–H and O–H groups in total. The monoisotopic (exact) mass is 516 g/mol. The highest BCUT2D eigenvalue weighted by Gasteiger charge is 2.33. The summed E-state index contributed by atoms with van der Waals surface area (Å²) in [7, 11) is 0. The van der Waals surface area contributed by atoms with Gasteiger partial charge in [0.25, 0.3) is 0 Å². The topological polar surface area (TPSA) is 81.8 Å². The van der Waals surface area contributed by atoms with Gasteiger partial charge < -0.3 is 14.9 Å². The molecule has 6 rings (SSSR count). The molecular weight excluding hydrogens is 484 g/mol. The van der Waals surface area contributed by atoms with E-state index in [4.69, 9.17) is 0 Å². The molecule has 0 radical (unpaired) electrons. The Balaban J connectivity index is 1.31. The second-order valence-electron chi connectivity index (χ2n) is 10.6. The summed E-state index contributed by atoms with van der Waals surface area (Å²) >= 11 is 0. The molecule has 1 aliphatic rings. The van der Waals surface area contributed by atoms with E-state index in [0.717, 1.165) is 63.6 Å². The van der Waals surface area contributed by atoms with Crippen molar-refractivity contribution in [2.45, 2.75) is 39.2 Å². The Kier molecular flexibility index (Phi) is 6.39. The zero-order valence-electron chi connectivity index (χ0n) is 22.3. The number of aromatic nitrogens is 3. The van der Waals surface area contributed by atoms with Gasteiger partial charge in [-0.3, -0.25) is 9.59 Å². The van der Waals surface area contributed by atoms with Crippen molar-refractivity contribution in [3.05, 3.63) is 101 Å². The molecular formula is C33H32N4O2. The van der Waals surface area contributed by atoms with Gasteiger partial charge in [0.15, 0.2) is 5.43 Å². The van der Waals surface area contributed by atoms with E-state index < -0.39 is 0 Å². The average Bonchev–Trinajstić information content (AvgIpc) is 3.68. The number of pyridine rings is 1. The van der Waals surface area contributed by atoms with Crippen LogP contribution in [-0.2, 0) is 4.79 Å². The van der Waals surface area contributed by atoms with Crippen molar-refractivity contribution in [3.63, 3.8) is 0 Å². The Labute approximate surface area is 227 Å². The van der Waals surface area contributed by atoms with Crippen molar-refractivity contribution in [2.75, 3.05) is 6.54 Å². The second-order valence-corrected chi connectivity index (χ2v) is 10.6. The Morgan fingerprint density at radius 3 is 2.51 bits per heavy atom. The SMILES string of the molecule is C=C(C(=O)N1CCCC1c1cc(=O)c2cc(-c3ccc4cc(-c5cnc[nH]5)ccc4c3)ccc2[nH]1)[C@@H](C)CC. The maximum Gasteiger partial charge on any atom is 0.250 e. The summed E-state index contributed by atoms with van der Waals surface area (Å²) in [6.45, 7) is 8.86. The lowest BCUT2D eigenvalue weighted by atomic mass is 9.97. The molecule has 5 aromatic rings. The van der Waals surface area contributed by atoms with Crippen molar-refractivity contribution in [1.29, 1.82) is 0 Å². The fourth-order valence-corrected chi connectivity index (χ4v) is 5.61. The van der Waals surface area contributed by atoms with E-state index in [1.807, 2.05) is 36.2 Å². The van der Waals surface area contributed by atoms with Gasteiger partial charge in [-0.05, 0) is 71.3 Å². The molecule has 2 atom stereocenters. The molecule has 0 aliphatic carbocycles. The Morgan fingerprint density at radius 1 is 1.05 bits per heavy atom. The van der Waals surface area contributed by atoms with Crippen LogP contribution in [0.25, 0.3) is 44.1 Å². The van der Waals surface area contributed by atoms with Gasteiger partial charge in [0.2, 0.25) is 5.91 Å². The molecule has 1 fully saturated rings. The van der Waals surface area contributed by atoms with Gasteiger partial charge in [0, 0.05) is 40.3 Å². The van der Waals surface area contributed by atoms with Crippen molar-refractivity contribution in [3.8, 4) is 22.4 Å². The summed E-state index contributed by atoms with van der Waals surface area (Å²) in [5.41, 5.74) is 6.30. The molecule has 196 valence electrons. The van der Waals surface area contributed by atoms with E-state index in [9.17, 15) is 9.59 Å². The highest BCUT2D eigenvalue weighted by molar-refractivity contribution is 5.94. The summed E-state index contributed by atoms with van der Waals surface area (Å²) in [6, 6.07) is 20.2. The van der Waals surface area contributed by atoms with Crippen LogP contribution in [0.2, 0.25) is 0 Å². The number of fused-ring (bicyclic) bond motifs is 2. The van der Waals surface area contributed by atoms with Gasteiger partial charge in [0.05, 0.1) is 24.3 Å². The van der Waals surface area contributed by atoms with Gasteiger partial charge in [0.1, 0.15) is 0 Å². The molecule has 2 aromatic heterocycles. The lowest BCUT2D eigenvalue weighted by molar-refractivity contribution is -0.128. The fourth-order valence-electron chi connectivity index (χ4n) is 5.61. The molecule has 6 nitrogen and oxygen atoms in total. The third-order valence-corrected chi connectivity index (χ3v) is 8.19. The summed E-state index contributed by atoms with van der Waals surface area (Å²) in [4.78, 5) is 39.1. The van der Waals surface area contributed by atoms with E-state index in [-0.39, 0.29) is 23.3 Å². The molecule has 0 bridgehead atoms. The zero-order chi connectivity index (χ0) is 27.1. The number of hydrogen-bond donors (Lipinski definition) is 2. The Hall–Kier alpha value is -4.45. The van der Waals surface area contributed by atoms with E-state index >= 15 is 0 Å². The first-order valence-corrected chi connectivity index (χ1v) is 13.6. The number of nitrogens with one attached hydrogen (secondary N) is 2. The number of aromatic amines is 2. The van der Waals surface area contributed by atoms with Crippen LogP contribution in [0.3, 0.4) is 0 Å². The van der Waals surface area contributed by atoms with Crippen LogP contribution in [0.15, 0.2) is 90.1 Å². The first kappa shape index (κ1) is 24.9. The number of benzene rings is 3. The Morgan fingerprint density at radius 2 is 1.77 bits per heavy atom. The fraction of sp³-hybridized carbons (Fsp3) is 0.242. The lowest BCUT2D eigenvalue weighted by Gasteiger charge is -2.27. The van der Waals surface area contributed by atoms with Crippen LogP contribution >= 0.6 is 0 Å². The smallest absolute Gasteiger partial charge is 0.250 e. The van der Waals surface area contributed by atoms with Crippen LogP contribution in [0.1, 0.15) is 44.8 Å². The number of nitrogens with zero attached hydrogens (tertiary/aromatic N) is 2. The number of likely N-dealkylation sites (tertiary alicyclic amines) is 1. The first-order valence-electron chi connectivity index (χ1n) is 13.6. The predicted molar refractivity (Wildman–Crippen MR) is 157 cm³/mol. The van der Waals surface area contributed by atoms with Crippen molar-refractivity contribution in [2.24, 2.45) is 5.92 Å². The lowest BCUT2D eigenvalue weighted by Crippen LogP contribution is -2.33. The number of amides is 1. The minimum atomic E-state index is -0.137. The zero-order valence-corrected chi connectivity index (χ0v) is 22.3. The summed E-state index contributed by atoms with van der Waals surface area (Å²) in [6.07, 6.45) is 6.12. The molecule has 0 spiro atoms. The van der Waals surface area contributed by atoms with E-state index in [1.165, 1.54) is 0 Å². The third kappa shape index (κ3) is 4.56. The number of carbonyl (C=O) groups is 1. The van der Waals surface area contributed by atoms with Gasteiger partial charge in [-0.25, -0.2) is 4.98 Å². The second kappa shape index (κ2) is 10.0. The van der Waals surface area contributed by atoms with Crippen LogP contribution in [-0.4, -0.2) is 32.3 Å². The number of imidazole rings is 1. The van der Waals surface area contributed by atoms with E-state index in [0.29, 0.717) is 17.5 Å². The number of H-pyrrole nitrogens is 2. The average molecular weight is 517 g/mol. The van der Waals surface area contributed by atoms with E-state index in [1.54, 1.807) is 12.4 Å². The van der Waals surface area contributed by atoms with Crippen molar-refractivity contribution in [1.82, 2.24) is 19.9 Å². The molecule has 1 amide bonds. The van der Waals surface area contributed by atoms with Crippen LogP contribution in [0, 0.1) is 5.92 Å². The maximum absolute atomic E-state index is 13.3. The summed E-state index contributed by atoms with van der Waals surface area (Å²) < 4.78 is 0. The van der Waals surface area contributed by atoms with Crippen molar-refractivity contribution >= 4 is 27.6 Å². The Bertz CT molecular complexity index is 1770. The number of carbonyl (C=O) groups excluding carboxylic acids is 1. The summed E-state index contributed by atoms with van der Waals surface area (Å²) in [5.74, 6) is 0.136. The van der Waals surface area contributed by atoms with Gasteiger partial charge in [-0.1, -0.05) is 50.8 Å². The highest BCUT2D eigenvalue weighted by atomic mass is 16.2. The molecule has 1 aliphatic heterocycles. The largest absolute Gasteiger partial charge is 0.356 e. The minimum absolute atomic E-state index is 0.00358. The molecule has 6 heteroatoms. The number of rotatable bonds is 6. The standard InChI is InChI=1S/C33H32N4O2/c1-4-20(2)21(3)33(39)37-13-5-6-31(37)29-17-32(38)27-16-25(11-12-28(27)36-29)23-7-8-24-15-26(10-9-22(24)14-23)30-18-34-19-35-30/h7-12,14-20,31H,3-6,13H2,1-2H3,(H,34,35)(H,36,38)/t20-,31?/m0/s1. The first-order chi connectivity index (χ1) is 18.9. The maximum atomic E-state index is 13.3. The third-order valence-electron chi connectivity index (χ3n) is 8.19. The van der Waals surface area contributed by atoms with Crippen molar-refractivity contribution < 1.29 is 4.79 Å². The highest BCUT2D eigenvalue weighted by Crippen LogP contribution is 2.34. The van der Waals surface area contributed by atoms with Crippen LogP contribution in [0.5, 0.6) is 0 Å². The number of hydrogen-bond acceptors (Lipinski definition) is 3. The minimum Gasteiger partial charge on any atom is -0.356 e. The van der Waals surface area contributed by atoms with Crippen LogP contribution in [0.4, 0.5) is 0 Å². The van der Waals surface area contributed by atoms with Crippen LogP contribution < -0.4 is 5.43 Å². The van der Waals surface area contributed by atoms with Gasteiger partial charge in [-0.2, -0.15) is 0 Å². The summed E-state index contributed by atoms with van der Waals surface area (Å²) in [5, 5.41) is 2.91. The normalized spacial score (nSPS) is 16.2. The van der Waals surface area contributed by atoms with Gasteiger partial charge >= 0.3 is 0 Å². The van der Waals surface area contributed by atoms with E-state index in [2.05, 4.69) is 64.9 Å². The molecule has 39 heavy (non-hydrogen) atoms. The quantitative estimate of drug-likeness (QED) is 0.238. The predicted octanol–water partition coefficient (Wildman–Crippen LogP) is 7.00. The molecule has 0 saturated carbocycles. The molecule has 1 unspecified atom stereocenters.